The van der Waals surface area contributed by atoms with Gasteiger partial charge < -0.3 is 15.5 Å². The molecule has 6 nitrogen and oxygen atoms in total. The third-order valence-corrected chi connectivity index (χ3v) is 2.11. The van der Waals surface area contributed by atoms with E-state index in [0.29, 0.717) is 0 Å². The van der Waals surface area contributed by atoms with Gasteiger partial charge >= 0.3 is 11.9 Å². The Morgan fingerprint density at radius 1 is 1.12 bits per heavy atom. The predicted molar refractivity (Wildman–Crippen MR) is 55.9 cm³/mol. The minimum atomic E-state index is -1.19. The van der Waals surface area contributed by atoms with Crippen LogP contribution < -0.4 is 5.32 Å². The summed E-state index contributed by atoms with van der Waals surface area (Å²) in [5.74, 6) is -2.19. The standard InChI is InChI=1S/C6H8O4.C4H7NO/c1-3(5(7)8)4(2)6(9)10;6-4-2-1-3-5-4/h1-2H3,(H,7,8)(H,9,10);1-3H2,(H,5,6)/b4-3-;. The van der Waals surface area contributed by atoms with Crippen LogP contribution >= 0.6 is 0 Å². The third kappa shape index (κ3) is 5.14. The number of carbonyl (C=O) groups is 3. The minimum Gasteiger partial charge on any atom is -0.478 e. The maximum atomic E-state index is 10.1. The molecule has 0 aromatic carbocycles. The number of aliphatic carboxylic acids is 2. The van der Waals surface area contributed by atoms with Gasteiger partial charge in [0, 0.05) is 24.1 Å². The van der Waals surface area contributed by atoms with Crippen LogP contribution in [-0.2, 0) is 14.4 Å². The Balaban J connectivity index is 0.000000315. The number of hydrogen-bond acceptors (Lipinski definition) is 3. The number of amides is 1. The summed E-state index contributed by atoms with van der Waals surface area (Å²) in [6, 6.07) is 0. The highest BCUT2D eigenvalue weighted by atomic mass is 16.4. The van der Waals surface area contributed by atoms with Crippen molar-refractivity contribution in [2.75, 3.05) is 6.54 Å². The molecule has 0 spiro atoms. The van der Waals surface area contributed by atoms with Crippen LogP contribution in [0, 0.1) is 0 Å². The largest absolute Gasteiger partial charge is 0.478 e. The zero-order valence-corrected chi connectivity index (χ0v) is 9.24. The summed E-state index contributed by atoms with van der Waals surface area (Å²) in [7, 11) is 0. The van der Waals surface area contributed by atoms with Crippen molar-refractivity contribution in [1.82, 2.24) is 5.32 Å². The van der Waals surface area contributed by atoms with E-state index in [1.807, 2.05) is 0 Å². The Kier molecular flexibility index (Phi) is 5.84. The van der Waals surface area contributed by atoms with Crippen LogP contribution in [0.5, 0.6) is 0 Å². The lowest BCUT2D eigenvalue weighted by molar-refractivity contribution is -0.135. The summed E-state index contributed by atoms with van der Waals surface area (Å²) in [4.78, 5) is 30.4. The van der Waals surface area contributed by atoms with Crippen LogP contribution in [0.25, 0.3) is 0 Å². The molecule has 0 unspecified atom stereocenters. The average molecular weight is 229 g/mol. The van der Waals surface area contributed by atoms with E-state index in [2.05, 4.69) is 5.32 Å². The van der Waals surface area contributed by atoms with Gasteiger partial charge in [-0.1, -0.05) is 0 Å². The van der Waals surface area contributed by atoms with Crippen LogP contribution in [0.15, 0.2) is 11.1 Å². The van der Waals surface area contributed by atoms with Crippen molar-refractivity contribution in [2.45, 2.75) is 26.7 Å². The van der Waals surface area contributed by atoms with Gasteiger partial charge in [-0.2, -0.15) is 0 Å². The second-order valence-electron chi connectivity index (χ2n) is 3.31. The van der Waals surface area contributed by atoms with E-state index in [0.717, 1.165) is 19.4 Å². The molecule has 16 heavy (non-hydrogen) atoms. The van der Waals surface area contributed by atoms with E-state index >= 15 is 0 Å². The van der Waals surface area contributed by atoms with E-state index in [4.69, 9.17) is 10.2 Å². The highest BCUT2D eigenvalue weighted by molar-refractivity contribution is 5.97. The monoisotopic (exact) mass is 229 g/mol. The summed E-state index contributed by atoms with van der Waals surface area (Å²) >= 11 is 0. The summed E-state index contributed by atoms with van der Waals surface area (Å²) in [6.07, 6.45) is 1.76. The molecule has 0 bridgehead atoms. The molecule has 1 fully saturated rings. The lowest BCUT2D eigenvalue weighted by atomic mass is 10.1. The quantitative estimate of drug-likeness (QED) is 0.594. The normalized spacial score (nSPS) is 15.5. The fourth-order valence-corrected chi connectivity index (χ4v) is 0.886. The topological polar surface area (TPSA) is 104 Å². The highest BCUT2D eigenvalue weighted by Gasteiger charge is 2.09. The van der Waals surface area contributed by atoms with Gasteiger partial charge in [0.25, 0.3) is 0 Å². The first-order chi connectivity index (χ1) is 7.36. The van der Waals surface area contributed by atoms with E-state index in [9.17, 15) is 14.4 Å². The second kappa shape index (κ2) is 6.60. The summed E-state index contributed by atoms with van der Waals surface area (Å²) in [5, 5.41) is 19.2. The van der Waals surface area contributed by atoms with Crippen molar-refractivity contribution in [3.05, 3.63) is 11.1 Å². The molecule has 0 radical (unpaired) electrons. The lowest BCUT2D eigenvalue weighted by Gasteiger charge is -1.95. The smallest absolute Gasteiger partial charge is 0.331 e. The Morgan fingerprint density at radius 3 is 1.69 bits per heavy atom. The number of carboxylic acid groups (broad SMARTS) is 2. The molecule has 0 saturated carbocycles. The first-order valence-corrected chi connectivity index (χ1v) is 4.77. The molecule has 6 heteroatoms. The molecule has 0 aromatic heterocycles. The van der Waals surface area contributed by atoms with Crippen LogP contribution in [-0.4, -0.2) is 34.6 Å². The summed E-state index contributed by atoms with van der Waals surface area (Å²) in [5.41, 5.74) is -0.264. The van der Waals surface area contributed by atoms with Gasteiger partial charge in [0.2, 0.25) is 5.91 Å². The molecular weight excluding hydrogens is 214 g/mol. The van der Waals surface area contributed by atoms with Crippen LogP contribution in [0.2, 0.25) is 0 Å². The van der Waals surface area contributed by atoms with Crippen LogP contribution in [0.4, 0.5) is 0 Å². The van der Waals surface area contributed by atoms with E-state index in [-0.39, 0.29) is 17.1 Å². The third-order valence-electron chi connectivity index (χ3n) is 2.11. The Labute approximate surface area is 93.0 Å². The molecule has 3 N–H and O–H groups in total. The molecule has 1 rings (SSSR count). The highest BCUT2D eigenvalue weighted by Crippen LogP contribution is 2.02. The molecule has 1 saturated heterocycles. The van der Waals surface area contributed by atoms with Crippen molar-refractivity contribution in [3.63, 3.8) is 0 Å². The zero-order chi connectivity index (χ0) is 12.7. The molecule has 0 atom stereocenters. The first kappa shape index (κ1) is 14.2. The molecule has 0 aromatic rings. The minimum absolute atomic E-state index is 0.132. The van der Waals surface area contributed by atoms with Crippen LogP contribution in [0.1, 0.15) is 26.7 Å². The first-order valence-electron chi connectivity index (χ1n) is 4.77. The van der Waals surface area contributed by atoms with Gasteiger partial charge in [-0.15, -0.1) is 0 Å². The maximum Gasteiger partial charge on any atom is 0.331 e. The molecule has 1 aliphatic rings. The number of rotatable bonds is 2. The SMILES string of the molecule is C/C(C(=O)O)=C(\C)C(=O)O.O=C1CCCN1. The molecule has 1 aliphatic heterocycles. The van der Waals surface area contributed by atoms with Crippen LogP contribution in [0.3, 0.4) is 0 Å². The van der Waals surface area contributed by atoms with Crippen molar-refractivity contribution < 1.29 is 24.6 Å². The molecule has 90 valence electrons. The fourth-order valence-electron chi connectivity index (χ4n) is 0.886. The lowest BCUT2D eigenvalue weighted by Crippen LogP contribution is -2.12. The molecule has 0 aliphatic carbocycles. The number of carboxylic acids is 2. The summed E-state index contributed by atoms with van der Waals surface area (Å²) < 4.78 is 0. The van der Waals surface area contributed by atoms with Crippen molar-refractivity contribution in [1.29, 1.82) is 0 Å². The van der Waals surface area contributed by atoms with Crippen molar-refractivity contribution >= 4 is 17.8 Å². The van der Waals surface area contributed by atoms with Gasteiger partial charge in [0.05, 0.1) is 0 Å². The van der Waals surface area contributed by atoms with E-state index in [1.165, 1.54) is 13.8 Å². The zero-order valence-electron chi connectivity index (χ0n) is 9.24. The Bertz CT molecular complexity index is 302. The van der Waals surface area contributed by atoms with Gasteiger partial charge in [-0.25, -0.2) is 9.59 Å². The van der Waals surface area contributed by atoms with E-state index < -0.39 is 11.9 Å². The molecular formula is C10H15NO5. The maximum absolute atomic E-state index is 10.1. The predicted octanol–water partition coefficient (Wildman–Crippen LogP) is 0.388. The second-order valence-corrected chi connectivity index (χ2v) is 3.31. The number of hydrogen-bond donors (Lipinski definition) is 3. The van der Waals surface area contributed by atoms with Gasteiger partial charge in [0.1, 0.15) is 0 Å². The number of carbonyl (C=O) groups excluding carboxylic acids is 1. The number of nitrogens with one attached hydrogen (secondary N) is 1. The molecule has 1 heterocycles. The van der Waals surface area contributed by atoms with Crippen molar-refractivity contribution in [3.8, 4) is 0 Å². The van der Waals surface area contributed by atoms with Gasteiger partial charge in [0.15, 0.2) is 0 Å². The average Bonchev–Trinajstić information content (AvgIpc) is 2.67. The van der Waals surface area contributed by atoms with Gasteiger partial charge in [-0.3, -0.25) is 4.79 Å². The van der Waals surface area contributed by atoms with Crippen molar-refractivity contribution in [2.24, 2.45) is 0 Å². The van der Waals surface area contributed by atoms with E-state index in [1.54, 1.807) is 0 Å². The Hall–Kier alpha value is -1.85. The summed E-state index contributed by atoms with van der Waals surface area (Å²) in [6.45, 7) is 3.40. The molecule has 1 amide bonds. The van der Waals surface area contributed by atoms with Gasteiger partial charge in [-0.05, 0) is 20.3 Å². The fraction of sp³-hybridized carbons (Fsp3) is 0.500. The Morgan fingerprint density at radius 2 is 1.56 bits per heavy atom.